The van der Waals surface area contributed by atoms with Gasteiger partial charge in [0.2, 0.25) is 17.7 Å². The largest absolute Gasteiger partial charge is 0.480 e. The van der Waals surface area contributed by atoms with Gasteiger partial charge in [0.15, 0.2) is 0 Å². The van der Waals surface area contributed by atoms with Gasteiger partial charge in [-0.2, -0.15) is 11.8 Å². The molecule has 0 aliphatic carbocycles. The van der Waals surface area contributed by atoms with Crippen molar-refractivity contribution in [1.82, 2.24) is 16.0 Å². The van der Waals surface area contributed by atoms with Gasteiger partial charge in [-0.3, -0.25) is 14.4 Å². The highest BCUT2D eigenvalue weighted by Crippen LogP contribution is 2.01. The molecule has 3 amide bonds. The summed E-state index contributed by atoms with van der Waals surface area (Å²) in [7, 11) is 0. The molecule has 0 saturated heterocycles. The van der Waals surface area contributed by atoms with E-state index in [1.54, 1.807) is 0 Å². The Morgan fingerprint density at radius 2 is 1.71 bits per heavy atom. The number of rotatable bonds is 11. The molecular formula is C14H25N3O6S. The lowest BCUT2D eigenvalue weighted by atomic mass is 10.2. The van der Waals surface area contributed by atoms with Crippen LogP contribution >= 0.6 is 11.8 Å². The molecule has 138 valence electrons. The lowest BCUT2D eigenvalue weighted by Gasteiger charge is -2.18. The second-order valence-corrected chi connectivity index (χ2v) is 6.29. The molecule has 1 unspecified atom stereocenters. The van der Waals surface area contributed by atoms with Gasteiger partial charge >= 0.3 is 5.97 Å². The van der Waals surface area contributed by atoms with E-state index < -0.39 is 41.9 Å². The Morgan fingerprint density at radius 3 is 2.21 bits per heavy atom. The maximum absolute atomic E-state index is 11.9. The van der Waals surface area contributed by atoms with Gasteiger partial charge in [0.1, 0.15) is 12.1 Å². The third-order valence-electron chi connectivity index (χ3n) is 2.92. The van der Waals surface area contributed by atoms with Crippen LogP contribution in [0.3, 0.4) is 0 Å². The Bertz CT molecular complexity index is 458. The number of amides is 3. The molecule has 24 heavy (non-hydrogen) atoms. The van der Waals surface area contributed by atoms with Crippen molar-refractivity contribution < 1.29 is 29.4 Å². The molecule has 0 aromatic carbocycles. The molecule has 9 nitrogen and oxygen atoms in total. The van der Waals surface area contributed by atoms with Crippen LogP contribution in [0.25, 0.3) is 0 Å². The van der Waals surface area contributed by atoms with E-state index in [-0.39, 0.29) is 19.4 Å². The van der Waals surface area contributed by atoms with E-state index in [0.29, 0.717) is 5.75 Å². The summed E-state index contributed by atoms with van der Waals surface area (Å²) >= 11 is 1.46. The fourth-order valence-corrected chi connectivity index (χ4v) is 2.14. The molecule has 0 aromatic rings. The van der Waals surface area contributed by atoms with E-state index in [0.717, 1.165) is 0 Å². The summed E-state index contributed by atoms with van der Waals surface area (Å²) in [6.45, 7) is 2.53. The van der Waals surface area contributed by atoms with Crippen LogP contribution in [0.15, 0.2) is 0 Å². The van der Waals surface area contributed by atoms with Crippen molar-refractivity contribution in [3.63, 3.8) is 0 Å². The summed E-state index contributed by atoms with van der Waals surface area (Å²) in [4.78, 5) is 45.9. The fraction of sp³-hybridized carbons (Fsp3) is 0.714. The summed E-state index contributed by atoms with van der Waals surface area (Å²) in [6, 6.07) is -1.96. The van der Waals surface area contributed by atoms with Crippen molar-refractivity contribution in [2.24, 2.45) is 0 Å². The Hall–Kier alpha value is -1.81. The molecule has 0 aliphatic heterocycles. The first-order valence-corrected chi connectivity index (χ1v) is 8.83. The topological polar surface area (TPSA) is 145 Å². The van der Waals surface area contributed by atoms with Gasteiger partial charge in [0.25, 0.3) is 0 Å². The first-order valence-electron chi connectivity index (χ1n) is 7.43. The van der Waals surface area contributed by atoms with Crippen LogP contribution in [0.2, 0.25) is 0 Å². The van der Waals surface area contributed by atoms with E-state index in [1.165, 1.54) is 25.6 Å². The molecule has 10 heteroatoms. The van der Waals surface area contributed by atoms with E-state index >= 15 is 0 Å². The minimum Gasteiger partial charge on any atom is -0.480 e. The van der Waals surface area contributed by atoms with Gasteiger partial charge in [-0.15, -0.1) is 0 Å². The Balaban J connectivity index is 4.30. The summed E-state index contributed by atoms with van der Waals surface area (Å²) in [6.07, 6.45) is 1.17. The van der Waals surface area contributed by atoms with E-state index in [9.17, 15) is 19.2 Å². The molecule has 0 aromatic heterocycles. The highest BCUT2D eigenvalue weighted by molar-refractivity contribution is 7.98. The third kappa shape index (κ3) is 10.1. The zero-order valence-corrected chi connectivity index (χ0v) is 14.8. The maximum Gasteiger partial charge on any atom is 0.326 e. The Kier molecular flexibility index (Phi) is 10.8. The molecule has 3 atom stereocenters. The summed E-state index contributed by atoms with van der Waals surface area (Å²) < 4.78 is 0. The lowest BCUT2D eigenvalue weighted by Crippen LogP contribution is -2.52. The second kappa shape index (κ2) is 11.7. The van der Waals surface area contributed by atoms with Gasteiger partial charge in [0.05, 0.1) is 19.1 Å². The van der Waals surface area contributed by atoms with Gasteiger partial charge < -0.3 is 26.2 Å². The minimum absolute atomic E-state index is 0.126. The predicted octanol–water partition coefficient (Wildman–Crippen LogP) is -1.30. The van der Waals surface area contributed by atoms with Crippen LogP contribution in [0, 0.1) is 0 Å². The molecule has 0 bridgehead atoms. The first-order chi connectivity index (χ1) is 11.2. The zero-order chi connectivity index (χ0) is 18.7. The molecule has 0 fully saturated rings. The molecule has 5 N–H and O–H groups in total. The molecule has 0 radical (unpaired) electrons. The number of thioether (sulfide) groups is 1. The first kappa shape index (κ1) is 22.2. The normalized spacial score (nSPS) is 14.2. The van der Waals surface area contributed by atoms with Crippen molar-refractivity contribution in [3.05, 3.63) is 0 Å². The minimum atomic E-state index is -1.14. The van der Waals surface area contributed by atoms with Crippen molar-refractivity contribution in [2.75, 3.05) is 18.6 Å². The van der Waals surface area contributed by atoms with E-state index in [1.807, 2.05) is 6.26 Å². The van der Waals surface area contributed by atoms with Gasteiger partial charge in [-0.05, 0) is 32.3 Å². The number of carboxylic acid groups (broad SMARTS) is 1. The van der Waals surface area contributed by atoms with Crippen molar-refractivity contribution in [1.29, 1.82) is 0 Å². The monoisotopic (exact) mass is 363 g/mol. The summed E-state index contributed by atoms with van der Waals surface area (Å²) in [5, 5.41) is 25.1. The number of hydrogen-bond acceptors (Lipinski definition) is 6. The fourth-order valence-electron chi connectivity index (χ4n) is 1.67. The van der Waals surface area contributed by atoms with E-state index in [4.69, 9.17) is 10.2 Å². The number of aliphatic hydroxyl groups is 1. The van der Waals surface area contributed by atoms with Crippen molar-refractivity contribution in [2.45, 2.75) is 44.9 Å². The number of nitrogens with one attached hydrogen (secondary N) is 3. The average Bonchev–Trinajstić information content (AvgIpc) is 2.48. The summed E-state index contributed by atoms with van der Waals surface area (Å²) in [5.74, 6) is -2.26. The van der Waals surface area contributed by atoms with Gasteiger partial charge in [-0.25, -0.2) is 4.79 Å². The van der Waals surface area contributed by atoms with Crippen LogP contribution in [-0.2, 0) is 19.2 Å². The van der Waals surface area contributed by atoms with Crippen LogP contribution in [0.5, 0.6) is 0 Å². The smallest absolute Gasteiger partial charge is 0.326 e. The van der Waals surface area contributed by atoms with Crippen LogP contribution in [-0.4, -0.2) is 70.6 Å². The highest BCUT2D eigenvalue weighted by Gasteiger charge is 2.23. The Labute approximate surface area is 144 Å². The molecule has 0 spiro atoms. The van der Waals surface area contributed by atoms with Crippen LogP contribution in [0.4, 0.5) is 0 Å². The van der Waals surface area contributed by atoms with Crippen LogP contribution < -0.4 is 16.0 Å². The quantitative estimate of drug-likeness (QED) is 0.307. The number of hydrogen-bond donors (Lipinski definition) is 5. The summed E-state index contributed by atoms with van der Waals surface area (Å²) in [5.41, 5.74) is 0. The lowest BCUT2D eigenvalue weighted by molar-refractivity contribution is -0.142. The van der Waals surface area contributed by atoms with Gasteiger partial charge in [0, 0.05) is 0 Å². The number of aliphatic hydroxyl groups excluding tert-OH is 1. The SMILES string of the molecule is CSCC[C@H](NC(=O)[C@H](C)NC(=O)CNC(=O)CC(C)O)C(=O)O. The van der Waals surface area contributed by atoms with Crippen LogP contribution in [0.1, 0.15) is 26.7 Å². The van der Waals surface area contributed by atoms with Gasteiger partial charge in [-0.1, -0.05) is 0 Å². The second-order valence-electron chi connectivity index (χ2n) is 5.30. The van der Waals surface area contributed by atoms with Crippen molar-refractivity contribution in [3.8, 4) is 0 Å². The molecular weight excluding hydrogens is 338 g/mol. The number of carbonyl (C=O) groups excluding carboxylic acids is 3. The maximum atomic E-state index is 11.9. The highest BCUT2D eigenvalue weighted by atomic mass is 32.2. The predicted molar refractivity (Wildman–Crippen MR) is 89.5 cm³/mol. The third-order valence-corrected chi connectivity index (χ3v) is 3.57. The molecule has 0 rings (SSSR count). The number of aliphatic carboxylic acids is 1. The molecule has 0 saturated carbocycles. The number of carboxylic acids is 1. The molecule has 0 aliphatic rings. The Morgan fingerprint density at radius 1 is 1.08 bits per heavy atom. The zero-order valence-electron chi connectivity index (χ0n) is 14.0. The molecule has 0 heterocycles. The van der Waals surface area contributed by atoms with E-state index in [2.05, 4.69) is 16.0 Å². The number of carbonyl (C=O) groups is 4. The van der Waals surface area contributed by atoms with Crippen molar-refractivity contribution >= 4 is 35.5 Å². The average molecular weight is 363 g/mol. The standard InChI is InChI=1S/C14H25N3O6S/c1-8(18)6-11(19)15-7-12(20)16-9(2)13(21)17-10(14(22)23)4-5-24-3/h8-10,18H,4-7H2,1-3H3,(H,15,19)(H,16,20)(H,17,21)(H,22,23)/t8?,9-,10-/m0/s1.